The van der Waals surface area contributed by atoms with Crippen LogP contribution in [0.4, 0.5) is 5.69 Å². The number of rotatable bonds is 5. The number of amides is 1. The molecule has 1 N–H and O–H groups in total. The van der Waals surface area contributed by atoms with Gasteiger partial charge in [0.15, 0.2) is 0 Å². The van der Waals surface area contributed by atoms with Crippen LogP contribution in [0.1, 0.15) is 34.1 Å². The SMILES string of the molecule is CCC(C)(C)NC(=O)C(C)N1CCN(c2ccccc2)CC1. The molecule has 0 bridgehead atoms. The second-order valence-corrected chi connectivity index (χ2v) is 6.76. The Hall–Kier alpha value is -1.55. The number of nitrogens with zero attached hydrogens (tertiary/aromatic N) is 2. The molecule has 4 nitrogen and oxygen atoms in total. The third-order valence-corrected chi connectivity index (χ3v) is 4.71. The van der Waals surface area contributed by atoms with Crippen LogP contribution in [-0.2, 0) is 4.79 Å². The van der Waals surface area contributed by atoms with Crippen molar-refractivity contribution in [2.75, 3.05) is 31.1 Å². The highest BCUT2D eigenvalue weighted by Gasteiger charge is 2.28. The molecule has 0 aliphatic carbocycles. The first kappa shape index (κ1) is 16.8. The summed E-state index contributed by atoms with van der Waals surface area (Å²) >= 11 is 0. The van der Waals surface area contributed by atoms with Crippen LogP contribution < -0.4 is 10.2 Å². The van der Waals surface area contributed by atoms with Crippen LogP contribution >= 0.6 is 0 Å². The van der Waals surface area contributed by atoms with E-state index in [0.717, 1.165) is 32.6 Å². The summed E-state index contributed by atoms with van der Waals surface area (Å²) in [5.41, 5.74) is 1.14. The maximum Gasteiger partial charge on any atom is 0.237 e. The van der Waals surface area contributed by atoms with Crippen LogP contribution in [0.2, 0.25) is 0 Å². The highest BCUT2D eigenvalue weighted by molar-refractivity contribution is 5.82. The molecule has 0 radical (unpaired) electrons. The van der Waals surface area contributed by atoms with Crippen molar-refractivity contribution in [3.63, 3.8) is 0 Å². The average Bonchev–Trinajstić information content (AvgIpc) is 2.55. The van der Waals surface area contributed by atoms with Crippen LogP contribution in [0.15, 0.2) is 30.3 Å². The first-order chi connectivity index (χ1) is 10.4. The van der Waals surface area contributed by atoms with Crippen molar-refractivity contribution in [3.05, 3.63) is 30.3 Å². The standard InChI is InChI=1S/C18H29N3O/c1-5-18(3,4)19-17(22)15(2)20-11-13-21(14-12-20)16-9-7-6-8-10-16/h6-10,15H,5,11-14H2,1-4H3,(H,19,22). The van der Waals surface area contributed by atoms with E-state index in [1.165, 1.54) is 5.69 Å². The molecular weight excluding hydrogens is 274 g/mol. The maximum atomic E-state index is 12.4. The number of hydrogen-bond acceptors (Lipinski definition) is 3. The van der Waals surface area contributed by atoms with Crippen molar-refractivity contribution in [3.8, 4) is 0 Å². The van der Waals surface area contributed by atoms with Gasteiger partial charge in [0.1, 0.15) is 0 Å². The summed E-state index contributed by atoms with van der Waals surface area (Å²) in [6, 6.07) is 10.4. The first-order valence-corrected chi connectivity index (χ1v) is 8.29. The Balaban J connectivity index is 1.87. The van der Waals surface area contributed by atoms with Gasteiger partial charge in [-0.2, -0.15) is 0 Å². The van der Waals surface area contributed by atoms with Crippen LogP contribution in [0.3, 0.4) is 0 Å². The summed E-state index contributed by atoms with van der Waals surface area (Å²) in [5.74, 6) is 0.139. The van der Waals surface area contributed by atoms with E-state index in [1.807, 2.05) is 13.0 Å². The van der Waals surface area contributed by atoms with E-state index < -0.39 is 0 Å². The normalized spacial score (nSPS) is 18.1. The Morgan fingerprint density at radius 3 is 2.32 bits per heavy atom. The number of piperazine rings is 1. The molecule has 0 saturated carbocycles. The van der Waals surface area contributed by atoms with Crippen molar-refractivity contribution in [2.24, 2.45) is 0 Å². The highest BCUT2D eigenvalue weighted by Crippen LogP contribution is 2.17. The van der Waals surface area contributed by atoms with Crippen molar-refractivity contribution in [1.82, 2.24) is 10.2 Å². The average molecular weight is 303 g/mol. The molecular formula is C18H29N3O. The maximum absolute atomic E-state index is 12.4. The van der Waals surface area contributed by atoms with E-state index in [4.69, 9.17) is 0 Å². The second kappa shape index (κ2) is 7.14. The van der Waals surface area contributed by atoms with E-state index >= 15 is 0 Å². The van der Waals surface area contributed by atoms with Crippen molar-refractivity contribution >= 4 is 11.6 Å². The van der Waals surface area contributed by atoms with Crippen molar-refractivity contribution < 1.29 is 4.79 Å². The monoisotopic (exact) mass is 303 g/mol. The van der Waals surface area contributed by atoms with Gasteiger partial charge >= 0.3 is 0 Å². The molecule has 1 aromatic rings. The van der Waals surface area contributed by atoms with Crippen LogP contribution in [0.5, 0.6) is 0 Å². The van der Waals surface area contributed by atoms with Crippen LogP contribution in [0, 0.1) is 0 Å². The number of carbonyl (C=O) groups excluding carboxylic acids is 1. The number of hydrogen-bond donors (Lipinski definition) is 1. The molecule has 22 heavy (non-hydrogen) atoms. The predicted molar refractivity (Wildman–Crippen MR) is 92.2 cm³/mol. The zero-order valence-corrected chi connectivity index (χ0v) is 14.3. The third kappa shape index (κ3) is 4.23. The summed E-state index contributed by atoms with van der Waals surface area (Å²) in [6.07, 6.45) is 0.938. The van der Waals surface area contributed by atoms with Gasteiger partial charge in [-0.05, 0) is 39.3 Å². The summed E-state index contributed by atoms with van der Waals surface area (Å²) in [4.78, 5) is 17.1. The van der Waals surface area contributed by atoms with E-state index in [-0.39, 0.29) is 17.5 Å². The lowest BCUT2D eigenvalue weighted by Gasteiger charge is -2.39. The molecule has 4 heteroatoms. The Morgan fingerprint density at radius 2 is 1.77 bits per heavy atom. The molecule has 1 atom stereocenters. The minimum absolute atomic E-state index is 0.0660. The number of benzene rings is 1. The highest BCUT2D eigenvalue weighted by atomic mass is 16.2. The van der Waals surface area contributed by atoms with Gasteiger partial charge in [-0.25, -0.2) is 0 Å². The zero-order chi connectivity index (χ0) is 16.2. The molecule has 1 unspecified atom stereocenters. The molecule has 1 fully saturated rings. The van der Waals surface area contributed by atoms with Gasteiger partial charge in [0.25, 0.3) is 0 Å². The van der Waals surface area contributed by atoms with E-state index in [2.05, 4.69) is 60.2 Å². The van der Waals surface area contributed by atoms with Gasteiger partial charge in [0, 0.05) is 37.4 Å². The number of anilines is 1. The number of carbonyl (C=O) groups is 1. The molecule has 122 valence electrons. The smallest absolute Gasteiger partial charge is 0.237 e. The third-order valence-electron chi connectivity index (χ3n) is 4.71. The Kier molecular flexibility index (Phi) is 5.46. The fourth-order valence-corrected chi connectivity index (χ4v) is 2.70. The molecule has 0 aromatic heterocycles. The van der Waals surface area contributed by atoms with E-state index in [0.29, 0.717) is 0 Å². The summed E-state index contributed by atoms with van der Waals surface area (Å²) in [5, 5.41) is 3.15. The lowest BCUT2D eigenvalue weighted by molar-refractivity contribution is -0.127. The molecule has 1 heterocycles. The second-order valence-electron chi connectivity index (χ2n) is 6.76. The van der Waals surface area contributed by atoms with Gasteiger partial charge in [0.2, 0.25) is 5.91 Å². The van der Waals surface area contributed by atoms with Gasteiger partial charge in [0.05, 0.1) is 6.04 Å². The largest absolute Gasteiger partial charge is 0.369 e. The minimum Gasteiger partial charge on any atom is -0.369 e. The molecule has 0 spiro atoms. The summed E-state index contributed by atoms with van der Waals surface area (Å²) in [7, 11) is 0. The fraction of sp³-hybridized carbons (Fsp3) is 0.611. The van der Waals surface area contributed by atoms with Gasteiger partial charge in [-0.1, -0.05) is 25.1 Å². The molecule has 2 rings (SSSR count). The van der Waals surface area contributed by atoms with Crippen LogP contribution in [0.25, 0.3) is 0 Å². The Morgan fingerprint density at radius 1 is 1.18 bits per heavy atom. The minimum atomic E-state index is -0.128. The molecule has 1 aliphatic rings. The predicted octanol–water partition coefficient (Wildman–Crippen LogP) is 2.50. The molecule has 1 aromatic carbocycles. The molecule has 1 saturated heterocycles. The molecule has 1 aliphatic heterocycles. The lowest BCUT2D eigenvalue weighted by atomic mass is 10.0. The Labute approximate surface area is 134 Å². The zero-order valence-electron chi connectivity index (χ0n) is 14.3. The lowest BCUT2D eigenvalue weighted by Crippen LogP contribution is -2.56. The fourth-order valence-electron chi connectivity index (χ4n) is 2.70. The van der Waals surface area contributed by atoms with Crippen molar-refractivity contribution in [2.45, 2.75) is 45.7 Å². The molecule has 1 amide bonds. The van der Waals surface area contributed by atoms with E-state index in [1.54, 1.807) is 0 Å². The summed E-state index contributed by atoms with van der Waals surface area (Å²) < 4.78 is 0. The van der Waals surface area contributed by atoms with Gasteiger partial charge in [-0.15, -0.1) is 0 Å². The van der Waals surface area contributed by atoms with Gasteiger partial charge < -0.3 is 10.2 Å². The van der Waals surface area contributed by atoms with Crippen LogP contribution in [-0.4, -0.2) is 48.6 Å². The van der Waals surface area contributed by atoms with Crippen molar-refractivity contribution in [1.29, 1.82) is 0 Å². The quantitative estimate of drug-likeness (QED) is 0.908. The van der Waals surface area contributed by atoms with E-state index in [9.17, 15) is 4.79 Å². The Bertz CT molecular complexity index is 478. The number of para-hydroxylation sites is 1. The number of nitrogens with one attached hydrogen (secondary N) is 1. The topological polar surface area (TPSA) is 35.6 Å². The van der Waals surface area contributed by atoms with Gasteiger partial charge in [-0.3, -0.25) is 9.69 Å². The summed E-state index contributed by atoms with van der Waals surface area (Å²) in [6.45, 7) is 12.1. The first-order valence-electron chi connectivity index (χ1n) is 8.29.